The SMILES string of the molecule is COc1c(CN2CCCCC2)c2c(c3c1OC(C)(C)C3)C(c1ccccc1)=NC(C)(C)C2.Cl.Cl. The molecule has 3 heterocycles. The molecule has 0 spiro atoms. The molecular weight excluding hydrogens is 467 g/mol. The van der Waals surface area contributed by atoms with Crippen LogP contribution in [0.4, 0.5) is 0 Å². The second-order valence-corrected chi connectivity index (χ2v) is 10.9. The van der Waals surface area contributed by atoms with Crippen LogP contribution in [0.5, 0.6) is 11.5 Å². The van der Waals surface area contributed by atoms with E-state index < -0.39 is 0 Å². The van der Waals surface area contributed by atoms with Gasteiger partial charge in [0, 0.05) is 35.2 Å². The van der Waals surface area contributed by atoms with Crippen LogP contribution in [0.1, 0.15) is 74.8 Å². The van der Waals surface area contributed by atoms with Gasteiger partial charge in [0.15, 0.2) is 11.5 Å². The van der Waals surface area contributed by atoms with Crippen molar-refractivity contribution in [1.82, 2.24) is 4.90 Å². The second kappa shape index (κ2) is 10.1. The number of hydrogen-bond donors (Lipinski definition) is 0. The summed E-state index contributed by atoms with van der Waals surface area (Å²) in [6.45, 7) is 12.1. The Labute approximate surface area is 216 Å². The van der Waals surface area contributed by atoms with E-state index in [9.17, 15) is 0 Å². The highest BCUT2D eigenvalue weighted by atomic mass is 35.5. The lowest BCUT2D eigenvalue weighted by molar-refractivity contribution is 0.133. The molecule has 5 rings (SSSR count). The van der Waals surface area contributed by atoms with Crippen LogP contribution in [0.25, 0.3) is 0 Å². The first-order valence-corrected chi connectivity index (χ1v) is 12.1. The van der Waals surface area contributed by atoms with Gasteiger partial charge >= 0.3 is 0 Å². The first-order valence-electron chi connectivity index (χ1n) is 12.1. The highest BCUT2D eigenvalue weighted by molar-refractivity contribution is 6.16. The van der Waals surface area contributed by atoms with Crippen molar-refractivity contribution in [3.8, 4) is 11.5 Å². The maximum atomic E-state index is 6.55. The van der Waals surface area contributed by atoms with E-state index in [1.54, 1.807) is 7.11 Å². The molecule has 2 aromatic rings. The van der Waals surface area contributed by atoms with Crippen LogP contribution in [0, 0.1) is 0 Å². The van der Waals surface area contributed by atoms with E-state index in [2.05, 4.69) is 62.9 Å². The first-order chi connectivity index (χ1) is 15.3. The molecule has 3 aliphatic rings. The Bertz CT molecular complexity index is 1060. The smallest absolute Gasteiger partial charge is 0.166 e. The average Bonchev–Trinajstić information content (AvgIpc) is 3.09. The Morgan fingerprint density at radius 1 is 0.941 bits per heavy atom. The molecule has 0 saturated carbocycles. The van der Waals surface area contributed by atoms with Gasteiger partial charge in [0.25, 0.3) is 0 Å². The zero-order valence-corrected chi connectivity index (χ0v) is 22.7. The van der Waals surface area contributed by atoms with E-state index in [-0.39, 0.29) is 36.0 Å². The lowest BCUT2D eigenvalue weighted by Crippen LogP contribution is -2.34. The third-order valence-electron chi connectivity index (χ3n) is 7.05. The molecule has 2 aromatic carbocycles. The van der Waals surface area contributed by atoms with Crippen molar-refractivity contribution >= 4 is 30.5 Å². The monoisotopic (exact) mass is 504 g/mol. The van der Waals surface area contributed by atoms with Crippen molar-refractivity contribution in [3.63, 3.8) is 0 Å². The summed E-state index contributed by atoms with van der Waals surface area (Å²) in [6, 6.07) is 10.7. The molecule has 0 atom stereocenters. The molecule has 0 unspecified atom stereocenters. The van der Waals surface area contributed by atoms with E-state index in [4.69, 9.17) is 14.5 Å². The fourth-order valence-corrected chi connectivity index (χ4v) is 5.71. The van der Waals surface area contributed by atoms with Gasteiger partial charge in [-0.15, -0.1) is 24.8 Å². The number of aliphatic imine (C=N–C) groups is 1. The number of ether oxygens (including phenoxy) is 2. The predicted octanol–water partition coefficient (Wildman–Crippen LogP) is 6.41. The van der Waals surface area contributed by atoms with Crippen molar-refractivity contribution in [1.29, 1.82) is 0 Å². The van der Waals surface area contributed by atoms with Gasteiger partial charge in [0.05, 0.1) is 18.4 Å². The van der Waals surface area contributed by atoms with Gasteiger partial charge in [-0.2, -0.15) is 0 Å². The fraction of sp³-hybridized carbons (Fsp3) is 0.536. The van der Waals surface area contributed by atoms with E-state index in [0.29, 0.717) is 0 Å². The molecule has 3 aliphatic heterocycles. The first kappa shape index (κ1) is 26.8. The molecule has 34 heavy (non-hydrogen) atoms. The molecule has 0 amide bonds. The molecule has 1 fully saturated rings. The third kappa shape index (κ3) is 4.96. The minimum Gasteiger partial charge on any atom is -0.493 e. The van der Waals surface area contributed by atoms with Gasteiger partial charge in [-0.1, -0.05) is 36.8 Å². The van der Waals surface area contributed by atoms with Crippen LogP contribution >= 0.6 is 24.8 Å². The number of nitrogens with zero attached hydrogens (tertiary/aromatic N) is 2. The van der Waals surface area contributed by atoms with Crippen LogP contribution < -0.4 is 9.47 Å². The molecule has 0 aliphatic carbocycles. The largest absolute Gasteiger partial charge is 0.493 e. The quantitative estimate of drug-likeness (QED) is 0.482. The number of benzene rings is 2. The summed E-state index contributed by atoms with van der Waals surface area (Å²) in [6.07, 6.45) is 5.69. The van der Waals surface area contributed by atoms with Gasteiger partial charge in [-0.3, -0.25) is 9.89 Å². The minimum absolute atomic E-state index is 0. The van der Waals surface area contributed by atoms with Gasteiger partial charge < -0.3 is 9.47 Å². The Hall–Kier alpha value is -1.75. The van der Waals surface area contributed by atoms with Gasteiger partial charge in [0.1, 0.15) is 5.60 Å². The standard InChI is InChI=1S/C28H36N2O2.2ClH/c1-27(2)16-20-22(18-30-14-10-7-11-15-30)25(31-5)26-21(17-28(3,4)32-26)23(20)24(29-27)19-12-8-6-9-13-19;;/h6,8-9,12-13H,7,10-11,14-18H2,1-5H3;2*1H. The molecule has 0 radical (unpaired) electrons. The summed E-state index contributed by atoms with van der Waals surface area (Å²) in [4.78, 5) is 7.89. The second-order valence-electron chi connectivity index (χ2n) is 10.9. The topological polar surface area (TPSA) is 34.1 Å². The van der Waals surface area contributed by atoms with Crippen molar-refractivity contribution in [3.05, 3.63) is 58.1 Å². The number of halogens is 2. The lowest BCUT2D eigenvalue weighted by Gasteiger charge is -2.35. The molecule has 0 bridgehead atoms. The zero-order chi connectivity index (χ0) is 22.5. The predicted molar refractivity (Wildman–Crippen MR) is 145 cm³/mol. The molecule has 4 nitrogen and oxygen atoms in total. The summed E-state index contributed by atoms with van der Waals surface area (Å²) < 4.78 is 12.7. The Morgan fingerprint density at radius 2 is 1.62 bits per heavy atom. The fourth-order valence-electron chi connectivity index (χ4n) is 5.71. The third-order valence-corrected chi connectivity index (χ3v) is 7.05. The van der Waals surface area contributed by atoms with E-state index in [1.807, 2.05) is 0 Å². The van der Waals surface area contributed by atoms with Crippen LogP contribution in [0.15, 0.2) is 35.3 Å². The summed E-state index contributed by atoms with van der Waals surface area (Å²) in [5, 5.41) is 0. The van der Waals surface area contributed by atoms with Crippen molar-refractivity contribution < 1.29 is 9.47 Å². The maximum absolute atomic E-state index is 6.55. The number of fused-ring (bicyclic) bond motifs is 3. The lowest BCUT2D eigenvalue weighted by atomic mass is 9.78. The molecule has 6 heteroatoms. The van der Waals surface area contributed by atoms with E-state index in [0.717, 1.165) is 49.7 Å². The number of piperidine rings is 1. The minimum atomic E-state index is -0.248. The maximum Gasteiger partial charge on any atom is 0.166 e. The van der Waals surface area contributed by atoms with Crippen molar-refractivity contribution in [2.45, 2.75) is 77.5 Å². The van der Waals surface area contributed by atoms with E-state index >= 15 is 0 Å². The highest BCUT2D eigenvalue weighted by Crippen LogP contribution is 2.50. The van der Waals surface area contributed by atoms with Crippen molar-refractivity contribution in [2.75, 3.05) is 20.2 Å². The highest BCUT2D eigenvalue weighted by Gasteiger charge is 2.42. The molecule has 1 saturated heterocycles. The van der Waals surface area contributed by atoms with Crippen LogP contribution in [0.2, 0.25) is 0 Å². The van der Waals surface area contributed by atoms with Crippen LogP contribution in [-0.4, -0.2) is 42.0 Å². The van der Waals surface area contributed by atoms with Gasteiger partial charge in [-0.25, -0.2) is 0 Å². The normalized spacial score (nSPS) is 20.1. The Balaban J connectivity index is 0.00000162. The van der Waals surface area contributed by atoms with Gasteiger partial charge in [0.2, 0.25) is 0 Å². The summed E-state index contributed by atoms with van der Waals surface area (Å²) in [5.41, 5.74) is 7.15. The van der Waals surface area contributed by atoms with Crippen LogP contribution in [0.3, 0.4) is 0 Å². The zero-order valence-electron chi connectivity index (χ0n) is 21.1. The number of likely N-dealkylation sites (tertiary alicyclic amines) is 1. The van der Waals surface area contributed by atoms with Crippen molar-refractivity contribution in [2.24, 2.45) is 4.99 Å². The number of methoxy groups -OCH3 is 1. The summed E-state index contributed by atoms with van der Waals surface area (Å²) in [5.74, 6) is 1.88. The van der Waals surface area contributed by atoms with Crippen LogP contribution in [-0.2, 0) is 19.4 Å². The van der Waals surface area contributed by atoms with E-state index in [1.165, 1.54) is 47.1 Å². The summed E-state index contributed by atoms with van der Waals surface area (Å²) >= 11 is 0. The average molecular weight is 506 g/mol. The number of rotatable bonds is 4. The molecule has 0 aromatic heterocycles. The Kier molecular flexibility index (Phi) is 7.96. The van der Waals surface area contributed by atoms with Gasteiger partial charge in [-0.05, 0) is 65.6 Å². The molecule has 0 N–H and O–H groups in total. The number of hydrogen-bond acceptors (Lipinski definition) is 4. The Morgan fingerprint density at radius 3 is 2.26 bits per heavy atom. The molecule has 186 valence electrons. The molecular formula is C28H38Cl2N2O2. The summed E-state index contributed by atoms with van der Waals surface area (Å²) in [7, 11) is 1.80.